The van der Waals surface area contributed by atoms with Gasteiger partial charge in [-0.3, -0.25) is 14.4 Å². The Bertz CT molecular complexity index is 868. The largest absolute Gasteiger partial charge is 0.466 e. The molecule has 1 fully saturated rings. The molecule has 1 aliphatic rings. The number of amides is 2. The van der Waals surface area contributed by atoms with Gasteiger partial charge in [-0.05, 0) is 19.8 Å². The van der Waals surface area contributed by atoms with Crippen molar-refractivity contribution in [1.29, 1.82) is 0 Å². The van der Waals surface area contributed by atoms with Gasteiger partial charge in [0.15, 0.2) is 0 Å². The minimum atomic E-state index is -0.296. The number of hydrogen-bond donors (Lipinski definition) is 0. The van der Waals surface area contributed by atoms with Gasteiger partial charge in [0.05, 0.1) is 19.1 Å². The third-order valence-electron chi connectivity index (χ3n) is 4.86. The monoisotopic (exact) mass is 415 g/mol. The molecule has 29 heavy (non-hydrogen) atoms. The number of esters is 1. The predicted molar refractivity (Wildman–Crippen MR) is 110 cm³/mol. The number of piperidine rings is 1. The fourth-order valence-corrected chi connectivity index (χ4v) is 4.11. The highest BCUT2D eigenvalue weighted by Crippen LogP contribution is 2.24. The normalized spacial score (nSPS) is 16.3. The van der Waals surface area contributed by atoms with E-state index in [0.29, 0.717) is 25.4 Å². The molecule has 0 radical (unpaired) electrons. The number of thiazole rings is 1. The van der Waals surface area contributed by atoms with Crippen molar-refractivity contribution in [2.75, 3.05) is 33.3 Å². The summed E-state index contributed by atoms with van der Waals surface area (Å²) in [5.74, 6) is -1.02. The number of rotatable bonds is 6. The predicted octanol–water partition coefficient (Wildman–Crippen LogP) is 2.68. The van der Waals surface area contributed by atoms with E-state index in [-0.39, 0.29) is 30.2 Å². The third-order valence-corrected chi connectivity index (χ3v) is 5.75. The molecule has 7 nitrogen and oxygen atoms in total. The average molecular weight is 416 g/mol. The van der Waals surface area contributed by atoms with E-state index < -0.39 is 0 Å². The Kier molecular flexibility index (Phi) is 6.98. The Balaban J connectivity index is 1.59. The minimum absolute atomic E-state index is 0.0490. The first-order valence-corrected chi connectivity index (χ1v) is 10.6. The molecule has 2 amide bonds. The van der Waals surface area contributed by atoms with Gasteiger partial charge in [0, 0.05) is 31.1 Å². The Labute approximate surface area is 174 Å². The van der Waals surface area contributed by atoms with Crippen molar-refractivity contribution in [3.8, 4) is 10.6 Å². The first-order valence-electron chi connectivity index (χ1n) is 9.70. The zero-order valence-corrected chi connectivity index (χ0v) is 17.5. The van der Waals surface area contributed by atoms with Crippen molar-refractivity contribution in [3.05, 3.63) is 41.4 Å². The van der Waals surface area contributed by atoms with E-state index in [9.17, 15) is 14.4 Å². The van der Waals surface area contributed by atoms with Crippen LogP contribution in [0.2, 0.25) is 0 Å². The van der Waals surface area contributed by atoms with Crippen LogP contribution in [0.4, 0.5) is 0 Å². The quantitative estimate of drug-likeness (QED) is 0.678. The van der Waals surface area contributed by atoms with Crippen LogP contribution in [0.5, 0.6) is 0 Å². The SMILES string of the molecule is CCOC(=O)C1CCCN(C(=O)CN(C)C(=O)c2csc(-c3ccccc3)n2)C1. The number of benzene rings is 1. The first kappa shape index (κ1) is 21.0. The second kappa shape index (κ2) is 9.65. The van der Waals surface area contributed by atoms with Crippen molar-refractivity contribution in [1.82, 2.24) is 14.8 Å². The topological polar surface area (TPSA) is 79.8 Å². The van der Waals surface area contributed by atoms with Gasteiger partial charge < -0.3 is 14.5 Å². The molecule has 1 aromatic carbocycles. The Hall–Kier alpha value is -2.74. The molecule has 3 rings (SSSR count). The molecule has 1 aliphatic heterocycles. The van der Waals surface area contributed by atoms with Crippen LogP contribution in [0.15, 0.2) is 35.7 Å². The van der Waals surface area contributed by atoms with Gasteiger partial charge in [0.25, 0.3) is 5.91 Å². The molecule has 0 bridgehead atoms. The molecule has 1 saturated heterocycles. The second-order valence-electron chi connectivity index (χ2n) is 7.00. The van der Waals surface area contributed by atoms with Crippen LogP contribution in [-0.4, -0.2) is 65.9 Å². The maximum Gasteiger partial charge on any atom is 0.310 e. The summed E-state index contributed by atoms with van der Waals surface area (Å²) < 4.78 is 5.08. The summed E-state index contributed by atoms with van der Waals surface area (Å²) >= 11 is 1.40. The summed E-state index contributed by atoms with van der Waals surface area (Å²) in [4.78, 5) is 44.8. The molecule has 0 aliphatic carbocycles. The van der Waals surface area contributed by atoms with Crippen LogP contribution in [0.1, 0.15) is 30.3 Å². The van der Waals surface area contributed by atoms with Crippen molar-refractivity contribution >= 4 is 29.1 Å². The number of likely N-dealkylation sites (tertiary alicyclic amines) is 1. The molecule has 8 heteroatoms. The van der Waals surface area contributed by atoms with E-state index in [1.165, 1.54) is 16.2 Å². The zero-order valence-electron chi connectivity index (χ0n) is 16.7. The summed E-state index contributed by atoms with van der Waals surface area (Å²) in [6, 6.07) is 9.65. The van der Waals surface area contributed by atoms with Crippen LogP contribution in [0, 0.1) is 5.92 Å². The second-order valence-corrected chi connectivity index (χ2v) is 7.85. The number of carbonyl (C=O) groups is 3. The molecule has 0 spiro atoms. The average Bonchev–Trinajstić information content (AvgIpc) is 3.24. The van der Waals surface area contributed by atoms with Crippen LogP contribution in [0.25, 0.3) is 10.6 Å². The Morgan fingerprint density at radius 2 is 2.03 bits per heavy atom. The molecular weight excluding hydrogens is 390 g/mol. The summed E-state index contributed by atoms with van der Waals surface area (Å²) in [5.41, 5.74) is 1.28. The summed E-state index contributed by atoms with van der Waals surface area (Å²) in [6.07, 6.45) is 1.47. The lowest BCUT2D eigenvalue weighted by atomic mass is 9.98. The fraction of sp³-hybridized carbons (Fsp3) is 0.429. The van der Waals surface area contributed by atoms with Crippen LogP contribution in [-0.2, 0) is 14.3 Å². The molecule has 1 atom stereocenters. The third kappa shape index (κ3) is 5.20. The van der Waals surface area contributed by atoms with Gasteiger partial charge in [0.1, 0.15) is 10.7 Å². The lowest BCUT2D eigenvalue weighted by Gasteiger charge is -2.32. The highest BCUT2D eigenvalue weighted by Gasteiger charge is 2.30. The van der Waals surface area contributed by atoms with Crippen molar-refractivity contribution in [2.45, 2.75) is 19.8 Å². The molecule has 0 saturated carbocycles. The van der Waals surface area contributed by atoms with E-state index in [4.69, 9.17) is 4.74 Å². The number of likely N-dealkylation sites (N-methyl/N-ethyl adjacent to an activating group) is 1. The lowest BCUT2D eigenvalue weighted by molar-refractivity contribution is -0.151. The fourth-order valence-electron chi connectivity index (χ4n) is 3.31. The Morgan fingerprint density at radius 1 is 1.28 bits per heavy atom. The number of carbonyl (C=O) groups excluding carboxylic acids is 3. The van der Waals surface area contributed by atoms with E-state index in [1.807, 2.05) is 30.3 Å². The van der Waals surface area contributed by atoms with Crippen LogP contribution in [0.3, 0.4) is 0 Å². The lowest BCUT2D eigenvalue weighted by Crippen LogP contribution is -2.47. The number of hydrogen-bond acceptors (Lipinski definition) is 6. The molecule has 1 unspecified atom stereocenters. The zero-order chi connectivity index (χ0) is 20.8. The van der Waals surface area contributed by atoms with Gasteiger partial charge in [0.2, 0.25) is 5.91 Å². The molecule has 1 aromatic heterocycles. The maximum absolute atomic E-state index is 12.7. The summed E-state index contributed by atoms with van der Waals surface area (Å²) in [7, 11) is 1.59. The molecule has 2 aromatic rings. The maximum atomic E-state index is 12.7. The highest BCUT2D eigenvalue weighted by molar-refractivity contribution is 7.13. The summed E-state index contributed by atoms with van der Waals surface area (Å²) in [5, 5.41) is 2.48. The number of ether oxygens (including phenoxy) is 1. The molecule has 0 N–H and O–H groups in total. The van der Waals surface area contributed by atoms with Crippen LogP contribution >= 0.6 is 11.3 Å². The summed E-state index contributed by atoms with van der Waals surface area (Å²) in [6.45, 7) is 2.98. The van der Waals surface area contributed by atoms with Gasteiger partial charge in [-0.15, -0.1) is 11.3 Å². The number of nitrogens with zero attached hydrogens (tertiary/aromatic N) is 3. The van der Waals surface area contributed by atoms with Crippen molar-refractivity contribution in [2.24, 2.45) is 5.92 Å². The van der Waals surface area contributed by atoms with Gasteiger partial charge in [-0.1, -0.05) is 30.3 Å². The standard InChI is InChI=1S/C21H25N3O4S/c1-3-28-21(27)16-10-7-11-24(12-16)18(25)13-23(2)20(26)17-14-29-19(22-17)15-8-5-4-6-9-15/h4-6,8-9,14,16H,3,7,10-13H2,1-2H3. The smallest absolute Gasteiger partial charge is 0.310 e. The van der Waals surface area contributed by atoms with Gasteiger partial charge in [-0.25, -0.2) is 4.98 Å². The van der Waals surface area contributed by atoms with E-state index in [0.717, 1.165) is 23.4 Å². The molecular formula is C21H25N3O4S. The first-order chi connectivity index (χ1) is 14.0. The van der Waals surface area contributed by atoms with E-state index in [2.05, 4.69) is 4.98 Å². The molecule has 154 valence electrons. The van der Waals surface area contributed by atoms with Gasteiger partial charge >= 0.3 is 5.97 Å². The van der Waals surface area contributed by atoms with Crippen molar-refractivity contribution in [3.63, 3.8) is 0 Å². The van der Waals surface area contributed by atoms with E-state index >= 15 is 0 Å². The Morgan fingerprint density at radius 3 is 2.76 bits per heavy atom. The highest BCUT2D eigenvalue weighted by atomic mass is 32.1. The molecule has 2 heterocycles. The van der Waals surface area contributed by atoms with Gasteiger partial charge in [-0.2, -0.15) is 0 Å². The van der Waals surface area contributed by atoms with E-state index in [1.54, 1.807) is 24.3 Å². The number of aromatic nitrogens is 1. The minimum Gasteiger partial charge on any atom is -0.466 e. The van der Waals surface area contributed by atoms with Crippen LogP contribution < -0.4 is 0 Å². The van der Waals surface area contributed by atoms with Crippen molar-refractivity contribution < 1.29 is 19.1 Å².